The van der Waals surface area contributed by atoms with Gasteiger partial charge in [0.2, 0.25) is 11.8 Å². The molecule has 0 saturated heterocycles. The number of rotatable bonds is 6. The highest BCUT2D eigenvalue weighted by atomic mass is 35.5. The number of fused-ring (bicyclic) bond motifs is 1. The second-order valence-electron chi connectivity index (χ2n) is 5.97. The number of benzene rings is 2. The highest BCUT2D eigenvalue weighted by molar-refractivity contribution is 8.01. The van der Waals surface area contributed by atoms with Crippen molar-refractivity contribution in [1.82, 2.24) is 5.32 Å². The van der Waals surface area contributed by atoms with Crippen LogP contribution in [0, 0.1) is 0 Å². The number of carbonyl (C=O) groups excluding carboxylic acids is 2. The number of thioether (sulfide) groups is 1. The first-order valence-electron chi connectivity index (χ1n) is 8.41. The first-order chi connectivity index (χ1) is 12.5. The first kappa shape index (κ1) is 18.8. The molecule has 3 N–H and O–H groups in total. The highest BCUT2D eigenvalue weighted by Crippen LogP contribution is 2.38. The molecule has 0 aliphatic carbocycles. The molecule has 0 spiro atoms. The van der Waals surface area contributed by atoms with E-state index in [1.54, 1.807) is 12.1 Å². The number of halogens is 1. The molecule has 0 saturated carbocycles. The predicted molar refractivity (Wildman–Crippen MR) is 107 cm³/mol. The second kappa shape index (κ2) is 8.58. The van der Waals surface area contributed by atoms with Crippen molar-refractivity contribution in [2.24, 2.45) is 0 Å². The maximum Gasteiger partial charge on any atom is 0.238 e. The van der Waals surface area contributed by atoms with Crippen molar-refractivity contribution in [1.29, 1.82) is 0 Å². The van der Waals surface area contributed by atoms with E-state index in [-0.39, 0.29) is 18.2 Å². The van der Waals surface area contributed by atoms with Crippen molar-refractivity contribution in [2.75, 3.05) is 17.2 Å². The maximum absolute atomic E-state index is 12.4. The van der Waals surface area contributed by atoms with Crippen LogP contribution in [-0.2, 0) is 16.1 Å². The van der Waals surface area contributed by atoms with E-state index < -0.39 is 5.25 Å². The van der Waals surface area contributed by atoms with E-state index >= 15 is 0 Å². The smallest absolute Gasteiger partial charge is 0.238 e. The topological polar surface area (TPSA) is 70.2 Å². The Hall–Kier alpha value is -2.02. The van der Waals surface area contributed by atoms with Gasteiger partial charge in [-0.05, 0) is 42.4 Å². The van der Waals surface area contributed by atoms with Gasteiger partial charge < -0.3 is 16.0 Å². The number of carbonyl (C=O) groups is 2. The van der Waals surface area contributed by atoms with Gasteiger partial charge >= 0.3 is 0 Å². The van der Waals surface area contributed by atoms with Crippen LogP contribution in [-0.4, -0.2) is 23.6 Å². The Bertz CT molecular complexity index is 828. The van der Waals surface area contributed by atoms with E-state index in [2.05, 4.69) is 16.0 Å². The van der Waals surface area contributed by atoms with Gasteiger partial charge in [0.1, 0.15) is 0 Å². The standard InChI is InChI=1S/C19H20ClN3O2S/c1-2-21-11-12-4-3-5-14(8-12)22-18(24)10-17-19(25)23-15-9-13(20)6-7-16(15)26-17/h3-9,17,21H,2,10-11H2,1H3,(H,22,24)(H,23,25). The van der Waals surface area contributed by atoms with Gasteiger partial charge in [0.25, 0.3) is 0 Å². The lowest BCUT2D eigenvalue weighted by molar-refractivity contribution is -0.120. The lowest BCUT2D eigenvalue weighted by atomic mass is 10.2. The van der Waals surface area contributed by atoms with Gasteiger partial charge in [-0.2, -0.15) is 0 Å². The summed E-state index contributed by atoms with van der Waals surface area (Å²) in [6.07, 6.45) is 0.107. The molecular formula is C19H20ClN3O2S. The van der Waals surface area contributed by atoms with E-state index in [9.17, 15) is 9.59 Å². The maximum atomic E-state index is 12.4. The Kier molecular flexibility index (Phi) is 6.19. The van der Waals surface area contributed by atoms with Crippen molar-refractivity contribution in [3.8, 4) is 0 Å². The fourth-order valence-electron chi connectivity index (χ4n) is 2.67. The largest absolute Gasteiger partial charge is 0.326 e. The molecule has 2 aromatic carbocycles. The van der Waals surface area contributed by atoms with Gasteiger partial charge in [0.15, 0.2) is 0 Å². The summed E-state index contributed by atoms with van der Waals surface area (Å²) < 4.78 is 0. The average molecular weight is 390 g/mol. The van der Waals surface area contributed by atoms with Crippen molar-refractivity contribution >= 4 is 46.6 Å². The van der Waals surface area contributed by atoms with Crippen LogP contribution in [0.2, 0.25) is 5.02 Å². The molecule has 136 valence electrons. The van der Waals surface area contributed by atoms with Crippen LogP contribution in [0.1, 0.15) is 18.9 Å². The van der Waals surface area contributed by atoms with Crippen molar-refractivity contribution in [3.63, 3.8) is 0 Å². The average Bonchev–Trinajstić information content (AvgIpc) is 2.61. The number of hydrogen-bond acceptors (Lipinski definition) is 4. The Morgan fingerprint density at radius 2 is 2.12 bits per heavy atom. The minimum Gasteiger partial charge on any atom is -0.326 e. The van der Waals surface area contributed by atoms with Crippen LogP contribution < -0.4 is 16.0 Å². The van der Waals surface area contributed by atoms with E-state index in [4.69, 9.17) is 11.6 Å². The molecule has 1 aliphatic rings. The monoisotopic (exact) mass is 389 g/mol. The molecular weight excluding hydrogens is 370 g/mol. The Labute approximate surface area is 161 Å². The molecule has 1 aliphatic heterocycles. The molecule has 0 aromatic heterocycles. The lowest BCUT2D eigenvalue weighted by Gasteiger charge is -2.23. The molecule has 2 amide bonds. The number of amides is 2. The third-order valence-corrected chi connectivity index (χ3v) is 5.43. The van der Waals surface area contributed by atoms with Crippen LogP contribution in [0.25, 0.3) is 0 Å². The van der Waals surface area contributed by atoms with Gasteiger partial charge in [0.05, 0.1) is 10.9 Å². The van der Waals surface area contributed by atoms with Gasteiger partial charge in [-0.1, -0.05) is 30.7 Å². The molecule has 0 radical (unpaired) electrons. The van der Waals surface area contributed by atoms with Crippen molar-refractivity contribution in [2.45, 2.75) is 30.0 Å². The van der Waals surface area contributed by atoms with E-state index in [1.807, 2.05) is 37.3 Å². The van der Waals surface area contributed by atoms with Crippen LogP contribution >= 0.6 is 23.4 Å². The fourth-order valence-corrected chi connectivity index (χ4v) is 3.93. The summed E-state index contributed by atoms with van der Waals surface area (Å²) in [5, 5.41) is 9.05. The van der Waals surface area contributed by atoms with Crippen molar-refractivity contribution < 1.29 is 9.59 Å². The van der Waals surface area contributed by atoms with Crippen LogP contribution in [0.15, 0.2) is 47.4 Å². The summed E-state index contributed by atoms with van der Waals surface area (Å²) in [5.41, 5.74) is 2.53. The third-order valence-electron chi connectivity index (χ3n) is 3.92. The van der Waals surface area contributed by atoms with Gasteiger partial charge in [-0.25, -0.2) is 0 Å². The Balaban J connectivity index is 1.61. The van der Waals surface area contributed by atoms with Gasteiger partial charge in [-0.3, -0.25) is 9.59 Å². The Morgan fingerprint density at radius 1 is 1.27 bits per heavy atom. The number of anilines is 2. The zero-order valence-corrected chi connectivity index (χ0v) is 15.9. The summed E-state index contributed by atoms with van der Waals surface area (Å²) in [7, 11) is 0. The second-order valence-corrected chi connectivity index (χ2v) is 7.65. The van der Waals surface area contributed by atoms with Crippen LogP contribution in [0.3, 0.4) is 0 Å². The molecule has 1 unspecified atom stereocenters. The van der Waals surface area contributed by atoms with Crippen LogP contribution in [0.5, 0.6) is 0 Å². The lowest BCUT2D eigenvalue weighted by Crippen LogP contribution is -2.32. The summed E-state index contributed by atoms with van der Waals surface area (Å²) in [6.45, 7) is 3.68. The minimum absolute atomic E-state index is 0.107. The van der Waals surface area contributed by atoms with Crippen molar-refractivity contribution in [3.05, 3.63) is 53.1 Å². The van der Waals surface area contributed by atoms with E-state index in [1.165, 1.54) is 11.8 Å². The fraction of sp³-hybridized carbons (Fsp3) is 0.263. The predicted octanol–water partition coefficient (Wildman–Crippen LogP) is 3.89. The number of nitrogens with one attached hydrogen (secondary N) is 3. The molecule has 26 heavy (non-hydrogen) atoms. The SMILES string of the molecule is CCNCc1cccc(NC(=O)CC2Sc3ccc(Cl)cc3NC2=O)c1. The summed E-state index contributed by atoms with van der Waals surface area (Å²) in [5.74, 6) is -0.364. The Morgan fingerprint density at radius 3 is 2.92 bits per heavy atom. The highest BCUT2D eigenvalue weighted by Gasteiger charge is 2.29. The molecule has 5 nitrogen and oxygen atoms in total. The molecule has 2 aromatic rings. The first-order valence-corrected chi connectivity index (χ1v) is 9.67. The normalized spacial score (nSPS) is 15.9. The molecule has 3 rings (SSSR count). The molecule has 0 bridgehead atoms. The molecule has 0 fully saturated rings. The molecule has 1 atom stereocenters. The van der Waals surface area contributed by atoms with Crippen LogP contribution in [0.4, 0.5) is 11.4 Å². The number of hydrogen-bond donors (Lipinski definition) is 3. The minimum atomic E-state index is -0.464. The molecule has 1 heterocycles. The van der Waals surface area contributed by atoms with Gasteiger partial charge in [-0.15, -0.1) is 11.8 Å². The van der Waals surface area contributed by atoms with E-state index in [0.29, 0.717) is 10.7 Å². The zero-order valence-electron chi connectivity index (χ0n) is 14.3. The van der Waals surface area contributed by atoms with Gasteiger partial charge in [0, 0.05) is 28.6 Å². The third kappa shape index (κ3) is 4.78. The van der Waals surface area contributed by atoms with E-state index in [0.717, 1.165) is 29.2 Å². The summed E-state index contributed by atoms with van der Waals surface area (Å²) in [4.78, 5) is 25.6. The quantitative estimate of drug-likeness (QED) is 0.701. The molecule has 7 heteroatoms. The summed E-state index contributed by atoms with van der Waals surface area (Å²) >= 11 is 7.34. The summed E-state index contributed by atoms with van der Waals surface area (Å²) in [6, 6.07) is 13.0. The zero-order chi connectivity index (χ0) is 18.5.